The first kappa shape index (κ1) is 23.7. The third-order valence-corrected chi connectivity index (χ3v) is 5.43. The number of rotatable bonds is 7. The van der Waals surface area contributed by atoms with Gasteiger partial charge in [0.05, 0.1) is 39.3 Å². The van der Waals surface area contributed by atoms with Crippen molar-refractivity contribution in [2.24, 2.45) is 0 Å². The Bertz CT molecular complexity index is 1150. The van der Waals surface area contributed by atoms with Gasteiger partial charge in [0.25, 0.3) is 5.91 Å². The molecule has 0 unspecified atom stereocenters. The quantitative estimate of drug-likeness (QED) is 0.554. The van der Waals surface area contributed by atoms with E-state index in [2.05, 4.69) is 4.98 Å². The van der Waals surface area contributed by atoms with Gasteiger partial charge in [0.15, 0.2) is 0 Å². The molecule has 1 saturated heterocycles. The van der Waals surface area contributed by atoms with Gasteiger partial charge in [0, 0.05) is 30.7 Å². The van der Waals surface area contributed by atoms with Gasteiger partial charge in [0.1, 0.15) is 41.1 Å². The van der Waals surface area contributed by atoms with Gasteiger partial charge in [-0.05, 0) is 18.2 Å². The predicted molar refractivity (Wildman–Crippen MR) is 117 cm³/mol. The molecule has 8 nitrogen and oxygen atoms in total. The first-order chi connectivity index (χ1) is 16.3. The molecule has 0 aliphatic carbocycles. The number of halogens is 3. The number of pyridine rings is 1. The number of nitrogens with zero attached hydrogens (tertiary/aromatic N) is 2. The number of methoxy groups -OCH3 is 2. The standard InChI is InChI=1S/C23H24F3N3O5/c1-31-18-9-14(10-19(32-2)21(18)22(30)28-13-23(24,25)26)17-12-27-20-11-16(3-6-29(17)20)34-15-4-7-33-8-5-15/h3,6,9-12,15H,4-5,7-8,13H2,1-2H3,(H,28,30). The number of ether oxygens (including phenoxy) is 4. The predicted octanol–water partition coefficient (Wildman–Crippen LogP) is 3.87. The molecule has 0 spiro atoms. The van der Waals surface area contributed by atoms with E-state index < -0.39 is 18.6 Å². The minimum Gasteiger partial charge on any atom is -0.496 e. The van der Waals surface area contributed by atoms with Crippen molar-refractivity contribution in [1.82, 2.24) is 14.7 Å². The Morgan fingerprint density at radius 2 is 1.85 bits per heavy atom. The summed E-state index contributed by atoms with van der Waals surface area (Å²) in [4.78, 5) is 16.9. The maximum absolute atomic E-state index is 12.6. The van der Waals surface area contributed by atoms with Crippen molar-refractivity contribution >= 4 is 11.6 Å². The summed E-state index contributed by atoms with van der Waals surface area (Å²) in [5.41, 5.74) is 1.79. The van der Waals surface area contributed by atoms with Crippen molar-refractivity contribution < 1.29 is 36.9 Å². The van der Waals surface area contributed by atoms with Gasteiger partial charge in [-0.3, -0.25) is 9.20 Å². The number of imidazole rings is 1. The molecule has 1 amide bonds. The Kier molecular flexibility index (Phi) is 6.82. The molecule has 3 heterocycles. The Balaban J connectivity index is 1.64. The summed E-state index contributed by atoms with van der Waals surface area (Å²) in [6.45, 7) is -0.117. The number of amides is 1. The van der Waals surface area contributed by atoms with Crippen molar-refractivity contribution in [1.29, 1.82) is 0 Å². The maximum Gasteiger partial charge on any atom is 0.405 e. The third kappa shape index (κ3) is 5.19. The van der Waals surface area contributed by atoms with E-state index in [1.807, 2.05) is 28.0 Å². The van der Waals surface area contributed by atoms with Gasteiger partial charge in [0.2, 0.25) is 0 Å². The first-order valence-corrected chi connectivity index (χ1v) is 10.6. The van der Waals surface area contributed by atoms with Crippen LogP contribution in [0.15, 0.2) is 36.7 Å². The fourth-order valence-corrected chi connectivity index (χ4v) is 3.79. The number of fused-ring (bicyclic) bond motifs is 1. The summed E-state index contributed by atoms with van der Waals surface area (Å²) in [7, 11) is 2.65. The number of benzene rings is 1. The summed E-state index contributed by atoms with van der Waals surface area (Å²) < 4.78 is 61.5. The van der Waals surface area contributed by atoms with Gasteiger partial charge in [-0.1, -0.05) is 0 Å². The lowest BCUT2D eigenvalue weighted by molar-refractivity contribution is -0.123. The van der Waals surface area contributed by atoms with Crippen LogP contribution in [0.1, 0.15) is 23.2 Å². The van der Waals surface area contributed by atoms with Gasteiger partial charge in [-0.25, -0.2) is 4.98 Å². The lowest BCUT2D eigenvalue weighted by atomic mass is 10.1. The fraction of sp³-hybridized carbons (Fsp3) is 0.391. The summed E-state index contributed by atoms with van der Waals surface area (Å²) in [5, 5.41) is 1.85. The Morgan fingerprint density at radius 3 is 2.47 bits per heavy atom. The number of hydrogen-bond donors (Lipinski definition) is 1. The van der Waals surface area contributed by atoms with E-state index >= 15 is 0 Å². The molecular formula is C23H24F3N3O5. The number of alkyl halides is 3. The molecule has 0 saturated carbocycles. The summed E-state index contributed by atoms with van der Waals surface area (Å²) in [6, 6.07) is 6.77. The Morgan fingerprint density at radius 1 is 1.18 bits per heavy atom. The molecule has 11 heteroatoms. The molecule has 0 bridgehead atoms. The van der Waals surface area contributed by atoms with E-state index in [0.717, 1.165) is 12.8 Å². The molecule has 4 rings (SSSR count). The Hall–Kier alpha value is -3.47. The van der Waals surface area contributed by atoms with Gasteiger partial charge >= 0.3 is 6.18 Å². The second-order valence-electron chi connectivity index (χ2n) is 7.72. The minimum absolute atomic E-state index is 0.0726. The smallest absolute Gasteiger partial charge is 0.405 e. The summed E-state index contributed by atoms with van der Waals surface area (Å²) >= 11 is 0. The highest BCUT2D eigenvalue weighted by atomic mass is 19.4. The molecule has 3 aromatic rings. The fourth-order valence-electron chi connectivity index (χ4n) is 3.79. The van der Waals surface area contributed by atoms with Crippen LogP contribution in [0.3, 0.4) is 0 Å². The van der Waals surface area contributed by atoms with Crippen LogP contribution in [0.2, 0.25) is 0 Å². The average molecular weight is 479 g/mol. The number of nitrogens with one attached hydrogen (secondary N) is 1. The molecule has 182 valence electrons. The molecule has 1 aromatic carbocycles. The first-order valence-electron chi connectivity index (χ1n) is 10.6. The van der Waals surface area contributed by atoms with Gasteiger partial charge in [-0.2, -0.15) is 13.2 Å². The van der Waals surface area contributed by atoms with Crippen LogP contribution in [0.5, 0.6) is 17.2 Å². The van der Waals surface area contributed by atoms with E-state index in [1.54, 1.807) is 18.3 Å². The number of aromatic nitrogens is 2. The molecule has 1 aliphatic heterocycles. The second kappa shape index (κ2) is 9.80. The molecule has 2 aromatic heterocycles. The largest absolute Gasteiger partial charge is 0.496 e. The van der Waals surface area contributed by atoms with Crippen molar-refractivity contribution in [3.05, 3.63) is 42.2 Å². The zero-order valence-corrected chi connectivity index (χ0v) is 18.6. The average Bonchev–Trinajstić information content (AvgIpc) is 3.25. The third-order valence-electron chi connectivity index (χ3n) is 5.43. The highest BCUT2D eigenvalue weighted by Gasteiger charge is 2.30. The van der Waals surface area contributed by atoms with E-state index in [-0.39, 0.29) is 23.2 Å². The topological polar surface area (TPSA) is 83.3 Å². The van der Waals surface area contributed by atoms with Gasteiger partial charge < -0.3 is 24.3 Å². The zero-order chi connectivity index (χ0) is 24.3. The van der Waals surface area contributed by atoms with Crippen LogP contribution in [0.4, 0.5) is 13.2 Å². The SMILES string of the molecule is COc1cc(-c2cnc3cc(OC4CCOCC4)ccn23)cc(OC)c1C(=O)NCC(F)(F)F. The second-order valence-corrected chi connectivity index (χ2v) is 7.72. The molecule has 0 radical (unpaired) electrons. The van der Waals surface area contributed by atoms with Crippen molar-refractivity contribution in [3.8, 4) is 28.5 Å². The van der Waals surface area contributed by atoms with Crippen LogP contribution in [0, 0.1) is 0 Å². The highest BCUT2D eigenvalue weighted by Crippen LogP contribution is 2.36. The molecule has 34 heavy (non-hydrogen) atoms. The number of carbonyl (C=O) groups is 1. The lowest BCUT2D eigenvalue weighted by Gasteiger charge is -2.23. The van der Waals surface area contributed by atoms with E-state index in [1.165, 1.54) is 14.2 Å². The van der Waals surface area contributed by atoms with Crippen LogP contribution in [0.25, 0.3) is 16.9 Å². The summed E-state index contributed by atoms with van der Waals surface area (Å²) in [6.07, 6.45) is 0.663. The van der Waals surface area contributed by atoms with Crippen molar-refractivity contribution in [2.75, 3.05) is 34.0 Å². The molecule has 1 fully saturated rings. The molecule has 0 atom stereocenters. The summed E-state index contributed by atoms with van der Waals surface area (Å²) in [5.74, 6) is -0.110. The van der Waals surface area contributed by atoms with Crippen LogP contribution in [-0.2, 0) is 4.74 Å². The van der Waals surface area contributed by atoms with Crippen molar-refractivity contribution in [3.63, 3.8) is 0 Å². The lowest BCUT2D eigenvalue weighted by Crippen LogP contribution is -2.34. The van der Waals surface area contributed by atoms with E-state index in [4.69, 9.17) is 18.9 Å². The Labute approximate surface area is 193 Å². The maximum atomic E-state index is 12.6. The monoisotopic (exact) mass is 479 g/mol. The minimum atomic E-state index is -4.54. The van der Waals surface area contributed by atoms with Crippen LogP contribution in [-0.4, -0.2) is 61.6 Å². The van der Waals surface area contributed by atoms with Crippen molar-refractivity contribution in [2.45, 2.75) is 25.1 Å². The van der Waals surface area contributed by atoms with E-state index in [0.29, 0.717) is 35.9 Å². The zero-order valence-electron chi connectivity index (χ0n) is 18.6. The normalized spacial score (nSPS) is 14.7. The van der Waals surface area contributed by atoms with E-state index in [9.17, 15) is 18.0 Å². The molecule has 1 N–H and O–H groups in total. The molecular weight excluding hydrogens is 455 g/mol. The number of hydrogen-bond acceptors (Lipinski definition) is 6. The molecule has 1 aliphatic rings. The number of carbonyl (C=O) groups excluding carboxylic acids is 1. The van der Waals surface area contributed by atoms with Crippen LogP contribution < -0.4 is 19.5 Å². The highest BCUT2D eigenvalue weighted by molar-refractivity contribution is 6.00. The van der Waals surface area contributed by atoms with Gasteiger partial charge in [-0.15, -0.1) is 0 Å². The van der Waals surface area contributed by atoms with Crippen LogP contribution >= 0.6 is 0 Å².